The third kappa shape index (κ3) is 7.97. The average molecular weight is 598 g/mol. The van der Waals surface area contributed by atoms with Crippen molar-refractivity contribution in [2.45, 2.75) is 90.9 Å². The highest BCUT2D eigenvalue weighted by molar-refractivity contribution is 8.26. The van der Waals surface area contributed by atoms with Gasteiger partial charge in [-0.2, -0.15) is 0 Å². The maximum Gasteiger partial charge on any atom is 0.267 e. The zero-order valence-corrected chi connectivity index (χ0v) is 26.0. The van der Waals surface area contributed by atoms with E-state index in [2.05, 4.69) is 6.92 Å². The quantitative estimate of drug-likeness (QED) is 0.166. The highest BCUT2D eigenvalue weighted by Gasteiger charge is 2.33. The van der Waals surface area contributed by atoms with Crippen molar-refractivity contribution in [2.24, 2.45) is 11.7 Å². The van der Waals surface area contributed by atoms with Gasteiger partial charge < -0.3 is 10.6 Å². The van der Waals surface area contributed by atoms with E-state index in [0.717, 1.165) is 18.4 Å². The second-order valence-corrected chi connectivity index (χ2v) is 12.9. The molecule has 2 amide bonds. The second kappa shape index (κ2) is 15.0. The van der Waals surface area contributed by atoms with Crippen LogP contribution < -0.4 is 16.2 Å². The summed E-state index contributed by atoms with van der Waals surface area (Å²) in [6.07, 6.45) is 16.9. The molecule has 222 valence electrons. The lowest BCUT2D eigenvalue weighted by molar-refractivity contribution is -0.123. The smallest absolute Gasteiger partial charge is 0.267 e. The molecule has 2 saturated heterocycles. The molecule has 2 aliphatic rings. The maximum absolute atomic E-state index is 13.8. The number of anilines is 1. The molecule has 0 aromatic carbocycles. The van der Waals surface area contributed by atoms with E-state index in [-0.39, 0.29) is 23.3 Å². The lowest BCUT2D eigenvalue weighted by Gasteiger charge is -2.32. The molecule has 0 atom stereocenters. The number of nitrogens with two attached hydrogens (primary N) is 1. The number of hydrogen-bond donors (Lipinski definition) is 1. The first-order chi connectivity index (χ1) is 19.8. The van der Waals surface area contributed by atoms with E-state index < -0.39 is 0 Å². The fourth-order valence-corrected chi connectivity index (χ4v) is 6.86. The summed E-state index contributed by atoms with van der Waals surface area (Å²) in [5, 5.41) is 0. The third-order valence-corrected chi connectivity index (χ3v) is 9.44. The molecule has 41 heavy (non-hydrogen) atoms. The minimum atomic E-state index is -0.294. The van der Waals surface area contributed by atoms with E-state index in [0.29, 0.717) is 58.7 Å². The van der Waals surface area contributed by atoms with Gasteiger partial charge in [-0.1, -0.05) is 94.8 Å². The van der Waals surface area contributed by atoms with Crippen LogP contribution in [0.25, 0.3) is 11.7 Å². The summed E-state index contributed by atoms with van der Waals surface area (Å²) in [6, 6.07) is 3.75. The molecule has 8 nitrogen and oxygen atoms in total. The number of thiocarbonyl (C=S) groups is 1. The number of piperidine rings is 1. The number of unbranched alkanes of at least 4 members (excludes halogenated alkanes) is 9. The number of amides is 2. The second-order valence-electron chi connectivity index (χ2n) is 11.3. The molecule has 4 heterocycles. The van der Waals surface area contributed by atoms with E-state index in [1.54, 1.807) is 17.2 Å². The number of carbonyl (C=O) groups is 2. The lowest BCUT2D eigenvalue weighted by atomic mass is 9.96. The predicted molar refractivity (Wildman–Crippen MR) is 172 cm³/mol. The molecule has 2 fully saturated rings. The van der Waals surface area contributed by atoms with Crippen LogP contribution in [-0.2, 0) is 9.59 Å². The molecule has 2 aliphatic heterocycles. The Bertz CT molecular complexity index is 1350. The van der Waals surface area contributed by atoms with Crippen LogP contribution in [0.4, 0.5) is 5.82 Å². The summed E-state index contributed by atoms with van der Waals surface area (Å²) in [5.74, 6) is -0.0938. The lowest BCUT2D eigenvalue weighted by Crippen LogP contribution is -2.40. The number of aromatic nitrogens is 2. The zero-order chi connectivity index (χ0) is 29.4. The van der Waals surface area contributed by atoms with E-state index in [1.165, 1.54) is 67.5 Å². The largest absolute Gasteiger partial charge is 0.369 e. The highest BCUT2D eigenvalue weighted by Crippen LogP contribution is 2.34. The molecule has 2 aromatic heterocycles. The van der Waals surface area contributed by atoms with Gasteiger partial charge in [0.25, 0.3) is 11.5 Å². The number of pyridine rings is 1. The first-order valence-corrected chi connectivity index (χ1v) is 16.3. The molecule has 10 heteroatoms. The normalized spacial score (nSPS) is 17.4. The van der Waals surface area contributed by atoms with Gasteiger partial charge in [0, 0.05) is 31.7 Å². The van der Waals surface area contributed by atoms with Crippen molar-refractivity contribution in [2.75, 3.05) is 24.5 Å². The summed E-state index contributed by atoms with van der Waals surface area (Å²) >= 11 is 6.83. The number of hydrogen-bond acceptors (Lipinski definition) is 7. The summed E-state index contributed by atoms with van der Waals surface area (Å²) in [4.78, 5) is 47.8. The molecule has 0 radical (unpaired) electrons. The number of primary amides is 1. The van der Waals surface area contributed by atoms with Crippen LogP contribution >= 0.6 is 24.0 Å². The van der Waals surface area contributed by atoms with E-state index >= 15 is 0 Å². The molecule has 0 aliphatic carbocycles. The molecule has 2 N–H and O–H groups in total. The van der Waals surface area contributed by atoms with Crippen LogP contribution in [0.2, 0.25) is 0 Å². The van der Waals surface area contributed by atoms with E-state index in [9.17, 15) is 14.4 Å². The molecule has 4 rings (SSSR count). The molecule has 2 aromatic rings. The Morgan fingerprint density at radius 2 is 1.68 bits per heavy atom. The summed E-state index contributed by atoms with van der Waals surface area (Å²) in [6.45, 7) is 5.88. The van der Waals surface area contributed by atoms with Crippen molar-refractivity contribution in [1.29, 1.82) is 0 Å². The number of carbonyl (C=O) groups excluding carboxylic acids is 2. The van der Waals surface area contributed by atoms with Gasteiger partial charge >= 0.3 is 0 Å². The van der Waals surface area contributed by atoms with Gasteiger partial charge in [0.05, 0.1) is 10.5 Å². The Morgan fingerprint density at radius 3 is 2.32 bits per heavy atom. The van der Waals surface area contributed by atoms with Crippen LogP contribution in [-0.4, -0.2) is 50.1 Å². The Kier molecular flexibility index (Phi) is 11.4. The van der Waals surface area contributed by atoms with Crippen LogP contribution in [0.1, 0.15) is 95.1 Å². The zero-order valence-electron chi connectivity index (χ0n) is 24.4. The van der Waals surface area contributed by atoms with Crippen molar-refractivity contribution in [3.05, 3.63) is 44.7 Å². The minimum absolute atomic E-state index is 0.150. The van der Waals surface area contributed by atoms with Gasteiger partial charge in [-0.05, 0) is 43.9 Å². The number of rotatable bonds is 14. The molecule has 0 bridgehead atoms. The topological polar surface area (TPSA) is 101 Å². The van der Waals surface area contributed by atoms with Crippen molar-refractivity contribution >= 4 is 57.7 Å². The number of nitrogens with zero attached hydrogens (tertiary/aromatic N) is 4. The third-order valence-electron chi connectivity index (χ3n) is 8.07. The minimum Gasteiger partial charge on any atom is -0.369 e. The van der Waals surface area contributed by atoms with Gasteiger partial charge in [0.2, 0.25) is 5.91 Å². The fourth-order valence-electron chi connectivity index (χ4n) is 5.57. The van der Waals surface area contributed by atoms with Crippen molar-refractivity contribution in [3.63, 3.8) is 0 Å². The monoisotopic (exact) mass is 597 g/mol. The molecular formula is C31H43N5O3S2. The Balaban J connectivity index is 1.46. The first kappa shape index (κ1) is 31.2. The van der Waals surface area contributed by atoms with Gasteiger partial charge in [0.15, 0.2) is 0 Å². The first-order valence-electron chi connectivity index (χ1n) is 15.1. The standard InChI is InChI=1S/C31H43N5O3S2/c1-3-4-5-6-7-8-9-10-11-12-17-35-30(39)25(41-31(35)40)20-24-28(34-18-15-23(16-19-34)27(32)37)33-26-14-13-22(2)21-36(26)29(24)38/h13-14,20-21,23H,3-12,15-19H2,1-2H3,(H2,32,37)/b25-20+. The van der Waals surface area contributed by atoms with Gasteiger partial charge in [-0.25, -0.2) is 4.98 Å². The van der Waals surface area contributed by atoms with Crippen molar-refractivity contribution in [1.82, 2.24) is 14.3 Å². The number of aryl methyl sites for hydroxylation is 1. The van der Waals surface area contributed by atoms with Gasteiger partial charge in [0.1, 0.15) is 15.8 Å². The van der Waals surface area contributed by atoms with Crippen molar-refractivity contribution in [3.8, 4) is 0 Å². The number of thioether (sulfide) groups is 1. The number of fused-ring (bicyclic) bond motifs is 1. The van der Waals surface area contributed by atoms with Crippen LogP contribution in [0.15, 0.2) is 28.0 Å². The maximum atomic E-state index is 13.8. The molecular weight excluding hydrogens is 555 g/mol. The Morgan fingerprint density at radius 1 is 1.05 bits per heavy atom. The van der Waals surface area contributed by atoms with E-state index in [1.807, 2.05) is 24.0 Å². The molecule has 0 saturated carbocycles. The summed E-state index contributed by atoms with van der Waals surface area (Å²) in [7, 11) is 0. The van der Waals surface area contributed by atoms with Crippen LogP contribution in [0.5, 0.6) is 0 Å². The average Bonchev–Trinajstić information content (AvgIpc) is 3.23. The SMILES string of the molecule is CCCCCCCCCCCCN1C(=O)/C(=C\c2c(N3CCC(C(N)=O)CC3)nc3ccc(C)cn3c2=O)SC1=S. The Labute approximate surface area is 252 Å². The van der Waals surface area contributed by atoms with Crippen LogP contribution in [0.3, 0.4) is 0 Å². The summed E-state index contributed by atoms with van der Waals surface area (Å²) in [5.41, 5.74) is 7.15. The summed E-state index contributed by atoms with van der Waals surface area (Å²) < 4.78 is 2.07. The molecule has 0 unspecified atom stereocenters. The molecule has 0 spiro atoms. The van der Waals surface area contributed by atoms with Crippen LogP contribution in [0, 0.1) is 12.8 Å². The Hall–Kier alpha value is -2.72. The fraction of sp³-hybridized carbons (Fsp3) is 0.581. The van der Waals surface area contributed by atoms with Gasteiger partial charge in [-0.3, -0.25) is 23.7 Å². The highest BCUT2D eigenvalue weighted by atomic mass is 32.2. The predicted octanol–water partition coefficient (Wildman–Crippen LogP) is 5.83. The van der Waals surface area contributed by atoms with Crippen molar-refractivity contribution < 1.29 is 9.59 Å². The van der Waals surface area contributed by atoms with E-state index in [4.69, 9.17) is 22.9 Å². The van der Waals surface area contributed by atoms with Gasteiger partial charge in [-0.15, -0.1) is 0 Å².